The van der Waals surface area contributed by atoms with E-state index < -0.39 is 0 Å². The molecule has 1 heterocycles. The summed E-state index contributed by atoms with van der Waals surface area (Å²) in [5.74, 6) is 0. The molecule has 0 saturated heterocycles. The molecule has 0 aliphatic rings. The molecule has 1 aromatic heterocycles. The Balaban J connectivity index is 2.33. The molecule has 0 saturated carbocycles. The Morgan fingerprint density at radius 2 is 1.95 bits per heavy atom. The summed E-state index contributed by atoms with van der Waals surface area (Å²) in [6.45, 7) is 6.42. The Morgan fingerprint density at radius 1 is 1.19 bits per heavy atom. The van der Waals surface area contributed by atoms with E-state index in [0.717, 1.165) is 41.5 Å². The van der Waals surface area contributed by atoms with Crippen molar-refractivity contribution in [3.8, 4) is 5.69 Å². The summed E-state index contributed by atoms with van der Waals surface area (Å²) in [5, 5.41) is 4.69. The van der Waals surface area contributed by atoms with Gasteiger partial charge in [-0.05, 0) is 49.4 Å². The van der Waals surface area contributed by atoms with E-state index in [2.05, 4.69) is 66.1 Å². The number of aromatic nitrogens is 2. The highest BCUT2D eigenvalue weighted by Gasteiger charge is 2.10. The van der Waals surface area contributed by atoms with Crippen molar-refractivity contribution in [1.82, 2.24) is 9.78 Å². The molecule has 114 valence electrons. The lowest BCUT2D eigenvalue weighted by Gasteiger charge is -2.12. The third kappa shape index (κ3) is 3.74. The van der Waals surface area contributed by atoms with Crippen molar-refractivity contribution in [2.24, 2.45) is 5.73 Å². The molecule has 0 radical (unpaired) electrons. The van der Waals surface area contributed by atoms with Crippen molar-refractivity contribution in [3.63, 3.8) is 0 Å². The zero-order valence-electron chi connectivity index (χ0n) is 13.1. The van der Waals surface area contributed by atoms with Crippen LogP contribution in [0.5, 0.6) is 0 Å². The maximum absolute atomic E-state index is 6.05. The van der Waals surface area contributed by atoms with Crippen LogP contribution >= 0.6 is 15.9 Å². The number of halogens is 1. The molecule has 2 rings (SSSR count). The standard InChI is InChI=1S/C17H24BrN3/c1-4-13(19)9-12-7-8-16(11-17(12)18)21-15(6-3)10-14(5-2)20-21/h7-8,10-11,13H,4-6,9,19H2,1-3H3. The second kappa shape index (κ2) is 7.23. The summed E-state index contributed by atoms with van der Waals surface area (Å²) in [6.07, 6.45) is 3.84. The van der Waals surface area contributed by atoms with Crippen LogP contribution in [0.1, 0.15) is 44.1 Å². The minimum Gasteiger partial charge on any atom is -0.327 e. The Morgan fingerprint density at radius 3 is 2.52 bits per heavy atom. The minimum atomic E-state index is 0.217. The van der Waals surface area contributed by atoms with Gasteiger partial charge >= 0.3 is 0 Å². The number of hydrogen-bond acceptors (Lipinski definition) is 2. The summed E-state index contributed by atoms with van der Waals surface area (Å²) in [4.78, 5) is 0. The second-order valence-electron chi connectivity index (χ2n) is 5.39. The molecule has 0 spiro atoms. The van der Waals surface area contributed by atoms with Crippen LogP contribution in [0, 0.1) is 0 Å². The topological polar surface area (TPSA) is 43.8 Å². The van der Waals surface area contributed by atoms with Crippen molar-refractivity contribution in [1.29, 1.82) is 0 Å². The molecular formula is C17H24BrN3. The van der Waals surface area contributed by atoms with Crippen LogP contribution in [-0.4, -0.2) is 15.8 Å². The SMILES string of the molecule is CCc1cc(CC)n(-c2ccc(CC(N)CC)c(Br)c2)n1. The van der Waals surface area contributed by atoms with E-state index in [9.17, 15) is 0 Å². The van der Waals surface area contributed by atoms with Crippen molar-refractivity contribution in [3.05, 3.63) is 45.7 Å². The van der Waals surface area contributed by atoms with Crippen LogP contribution in [0.25, 0.3) is 5.69 Å². The first kappa shape index (κ1) is 16.2. The van der Waals surface area contributed by atoms with Gasteiger partial charge in [0.25, 0.3) is 0 Å². The number of benzene rings is 1. The molecule has 0 bridgehead atoms. The quantitative estimate of drug-likeness (QED) is 0.855. The molecule has 4 heteroatoms. The smallest absolute Gasteiger partial charge is 0.0660 e. The predicted molar refractivity (Wildman–Crippen MR) is 92.0 cm³/mol. The van der Waals surface area contributed by atoms with Crippen LogP contribution in [0.2, 0.25) is 0 Å². The fourth-order valence-corrected chi connectivity index (χ4v) is 2.91. The van der Waals surface area contributed by atoms with E-state index in [0.29, 0.717) is 0 Å². The van der Waals surface area contributed by atoms with Gasteiger partial charge in [-0.2, -0.15) is 5.10 Å². The van der Waals surface area contributed by atoms with Crippen molar-refractivity contribution in [2.45, 2.75) is 52.5 Å². The number of nitrogens with zero attached hydrogens (tertiary/aromatic N) is 2. The highest BCUT2D eigenvalue weighted by Crippen LogP contribution is 2.23. The third-order valence-electron chi connectivity index (χ3n) is 3.85. The number of aryl methyl sites for hydroxylation is 2. The van der Waals surface area contributed by atoms with Crippen LogP contribution in [0.3, 0.4) is 0 Å². The maximum Gasteiger partial charge on any atom is 0.0660 e. The molecule has 21 heavy (non-hydrogen) atoms. The molecule has 3 nitrogen and oxygen atoms in total. The van der Waals surface area contributed by atoms with E-state index in [1.165, 1.54) is 11.3 Å². The molecule has 2 aromatic rings. The van der Waals surface area contributed by atoms with Gasteiger partial charge in [0.15, 0.2) is 0 Å². The van der Waals surface area contributed by atoms with E-state index in [1.807, 2.05) is 4.68 Å². The normalized spacial score (nSPS) is 12.6. The zero-order chi connectivity index (χ0) is 15.4. The third-order valence-corrected chi connectivity index (χ3v) is 4.58. The number of nitrogens with two attached hydrogens (primary N) is 1. The Hall–Kier alpha value is -1.13. The lowest BCUT2D eigenvalue weighted by molar-refractivity contribution is 0.645. The van der Waals surface area contributed by atoms with Gasteiger partial charge in [0.2, 0.25) is 0 Å². The molecule has 1 unspecified atom stereocenters. The molecule has 2 N–H and O–H groups in total. The summed E-state index contributed by atoms with van der Waals surface area (Å²) < 4.78 is 3.16. The van der Waals surface area contributed by atoms with Crippen LogP contribution < -0.4 is 5.73 Å². The summed E-state index contributed by atoms with van der Waals surface area (Å²) in [7, 11) is 0. The van der Waals surface area contributed by atoms with E-state index in [4.69, 9.17) is 5.73 Å². The van der Waals surface area contributed by atoms with Gasteiger partial charge in [-0.15, -0.1) is 0 Å². The number of hydrogen-bond donors (Lipinski definition) is 1. The van der Waals surface area contributed by atoms with Crippen molar-refractivity contribution >= 4 is 15.9 Å². The van der Waals surface area contributed by atoms with E-state index in [-0.39, 0.29) is 6.04 Å². The largest absolute Gasteiger partial charge is 0.327 e. The van der Waals surface area contributed by atoms with Gasteiger partial charge in [0.1, 0.15) is 0 Å². The van der Waals surface area contributed by atoms with Crippen molar-refractivity contribution in [2.75, 3.05) is 0 Å². The van der Waals surface area contributed by atoms with E-state index >= 15 is 0 Å². The fraction of sp³-hybridized carbons (Fsp3) is 0.471. The van der Waals surface area contributed by atoms with E-state index in [1.54, 1.807) is 0 Å². The Bertz CT molecular complexity index is 604. The maximum atomic E-state index is 6.05. The first-order chi connectivity index (χ1) is 10.1. The molecular weight excluding hydrogens is 326 g/mol. The molecule has 0 fully saturated rings. The van der Waals surface area contributed by atoms with Crippen LogP contribution in [-0.2, 0) is 19.3 Å². The van der Waals surface area contributed by atoms with Crippen molar-refractivity contribution < 1.29 is 0 Å². The zero-order valence-corrected chi connectivity index (χ0v) is 14.7. The Kier molecular flexibility index (Phi) is 5.59. The monoisotopic (exact) mass is 349 g/mol. The molecule has 0 aliphatic carbocycles. The highest BCUT2D eigenvalue weighted by atomic mass is 79.9. The van der Waals surface area contributed by atoms with Gasteiger partial charge < -0.3 is 5.73 Å². The first-order valence-electron chi connectivity index (χ1n) is 7.71. The van der Waals surface area contributed by atoms with Crippen LogP contribution in [0.15, 0.2) is 28.7 Å². The lowest BCUT2D eigenvalue weighted by Crippen LogP contribution is -2.21. The van der Waals surface area contributed by atoms with Gasteiger partial charge in [-0.25, -0.2) is 4.68 Å². The van der Waals surface area contributed by atoms with Gasteiger partial charge in [0.05, 0.1) is 11.4 Å². The average molecular weight is 350 g/mol. The summed E-state index contributed by atoms with van der Waals surface area (Å²) >= 11 is 3.68. The molecule has 1 aromatic carbocycles. The van der Waals surface area contributed by atoms with Gasteiger partial charge in [-0.3, -0.25) is 0 Å². The first-order valence-corrected chi connectivity index (χ1v) is 8.50. The fourth-order valence-electron chi connectivity index (χ4n) is 2.38. The average Bonchev–Trinajstić information content (AvgIpc) is 2.92. The summed E-state index contributed by atoms with van der Waals surface area (Å²) in [6, 6.07) is 8.84. The molecule has 1 atom stereocenters. The molecule has 0 aliphatic heterocycles. The Labute approximate surface area is 135 Å². The van der Waals surface area contributed by atoms with Gasteiger partial charge in [0, 0.05) is 16.2 Å². The number of rotatable bonds is 6. The minimum absolute atomic E-state index is 0.217. The van der Waals surface area contributed by atoms with Crippen LogP contribution in [0.4, 0.5) is 0 Å². The molecule has 0 amide bonds. The summed E-state index contributed by atoms with van der Waals surface area (Å²) in [5.41, 5.74) is 10.8. The highest BCUT2D eigenvalue weighted by molar-refractivity contribution is 9.10. The predicted octanol–water partition coefficient (Wildman–Crippen LogP) is 4.04. The second-order valence-corrected chi connectivity index (χ2v) is 6.25. The van der Waals surface area contributed by atoms with Gasteiger partial charge in [-0.1, -0.05) is 42.8 Å². The lowest BCUT2D eigenvalue weighted by atomic mass is 10.0.